The third kappa shape index (κ3) is 2.60. The number of hydrogen-bond acceptors (Lipinski definition) is 2. The third-order valence-electron chi connectivity index (χ3n) is 1.61. The van der Waals surface area contributed by atoms with Crippen LogP contribution >= 0.6 is 0 Å². The second kappa shape index (κ2) is 4.27. The van der Waals surface area contributed by atoms with E-state index < -0.39 is 0 Å². The maximum atomic E-state index is 11.3. The topological polar surface area (TPSA) is 52.9 Å². The average Bonchev–Trinajstić information content (AvgIpc) is 2.14. The summed E-state index contributed by atoms with van der Waals surface area (Å²) >= 11 is 0. The van der Waals surface area contributed by atoms with E-state index >= 15 is 0 Å². The number of carbonyl (C=O) groups is 1. The van der Waals surface area contributed by atoms with Crippen LogP contribution < -0.4 is 5.32 Å². The van der Waals surface area contributed by atoms with Gasteiger partial charge in [-0.15, -0.1) is 0 Å². The normalized spacial score (nSPS) is 8.92. The van der Waals surface area contributed by atoms with Crippen molar-refractivity contribution in [3.05, 3.63) is 35.4 Å². The molecule has 3 heteroatoms. The number of benzene rings is 1. The van der Waals surface area contributed by atoms with Crippen molar-refractivity contribution in [1.29, 1.82) is 5.26 Å². The van der Waals surface area contributed by atoms with Crippen LogP contribution in [0.25, 0.3) is 0 Å². The quantitative estimate of drug-likeness (QED) is 0.686. The average molecular weight is 174 g/mol. The van der Waals surface area contributed by atoms with Crippen LogP contribution in [0.5, 0.6) is 0 Å². The van der Waals surface area contributed by atoms with Gasteiger partial charge in [0.2, 0.25) is 0 Å². The van der Waals surface area contributed by atoms with Crippen molar-refractivity contribution in [3.63, 3.8) is 0 Å². The van der Waals surface area contributed by atoms with E-state index in [-0.39, 0.29) is 12.5 Å². The molecule has 0 fully saturated rings. The summed E-state index contributed by atoms with van der Waals surface area (Å²) in [6.07, 6.45) is 0. The van der Waals surface area contributed by atoms with Crippen LogP contribution in [0.15, 0.2) is 24.3 Å². The lowest BCUT2D eigenvalue weighted by atomic mass is 10.1. The fraction of sp³-hybridized carbons (Fsp3) is 0.200. The van der Waals surface area contributed by atoms with E-state index in [9.17, 15) is 4.79 Å². The molecular weight excluding hydrogens is 164 g/mol. The van der Waals surface area contributed by atoms with Gasteiger partial charge in [-0.3, -0.25) is 4.79 Å². The summed E-state index contributed by atoms with van der Waals surface area (Å²) < 4.78 is 0. The zero-order valence-electron chi connectivity index (χ0n) is 7.37. The zero-order chi connectivity index (χ0) is 9.68. The van der Waals surface area contributed by atoms with Gasteiger partial charge >= 0.3 is 0 Å². The number of hydrogen-bond donors (Lipinski definition) is 1. The number of rotatable bonds is 2. The Kier molecular flexibility index (Phi) is 3.04. The van der Waals surface area contributed by atoms with Crippen LogP contribution in [0, 0.1) is 18.3 Å². The summed E-state index contributed by atoms with van der Waals surface area (Å²) in [5, 5.41) is 10.7. The Hall–Kier alpha value is -1.82. The van der Waals surface area contributed by atoms with Crippen molar-refractivity contribution in [3.8, 4) is 6.07 Å². The Morgan fingerprint density at radius 3 is 3.00 bits per heavy atom. The molecule has 0 saturated carbocycles. The van der Waals surface area contributed by atoms with Gasteiger partial charge in [0.05, 0.1) is 6.07 Å². The summed E-state index contributed by atoms with van der Waals surface area (Å²) in [4.78, 5) is 11.3. The Labute approximate surface area is 77.0 Å². The number of carbonyl (C=O) groups excluding carboxylic acids is 1. The van der Waals surface area contributed by atoms with Crippen molar-refractivity contribution < 1.29 is 4.79 Å². The molecule has 0 aliphatic heterocycles. The summed E-state index contributed by atoms with van der Waals surface area (Å²) in [5.41, 5.74) is 1.62. The highest BCUT2D eigenvalue weighted by Crippen LogP contribution is 2.02. The zero-order valence-corrected chi connectivity index (χ0v) is 7.37. The second-order valence-electron chi connectivity index (χ2n) is 2.71. The minimum Gasteiger partial charge on any atom is -0.339 e. The molecule has 0 atom stereocenters. The number of nitriles is 1. The van der Waals surface area contributed by atoms with Crippen LogP contribution in [0.2, 0.25) is 0 Å². The van der Waals surface area contributed by atoms with Gasteiger partial charge in [0.1, 0.15) is 6.54 Å². The Morgan fingerprint density at radius 1 is 1.62 bits per heavy atom. The fourth-order valence-electron chi connectivity index (χ4n) is 1.01. The molecule has 3 nitrogen and oxygen atoms in total. The fourth-order valence-corrected chi connectivity index (χ4v) is 1.01. The maximum Gasteiger partial charge on any atom is 0.252 e. The van der Waals surface area contributed by atoms with Crippen molar-refractivity contribution >= 4 is 5.91 Å². The number of nitrogens with one attached hydrogen (secondary N) is 1. The first-order valence-electron chi connectivity index (χ1n) is 3.96. The van der Waals surface area contributed by atoms with E-state index in [4.69, 9.17) is 5.26 Å². The Balaban J connectivity index is 2.72. The molecule has 0 bridgehead atoms. The van der Waals surface area contributed by atoms with Crippen molar-refractivity contribution in [2.45, 2.75) is 6.92 Å². The monoisotopic (exact) mass is 174 g/mol. The minimum absolute atomic E-state index is 0.0484. The van der Waals surface area contributed by atoms with Gasteiger partial charge in [0, 0.05) is 5.56 Å². The van der Waals surface area contributed by atoms with Crippen molar-refractivity contribution in [2.75, 3.05) is 6.54 Å². The van der Waals surface area contributed by atoms with E-state index in [2.05, 4.69) is 5.32 Å². The predicted molar refractivity (Wildman–Crippen MR) is 49.1 cm³/mol. The second-order valence-corrected chi connectivity index (χ2v) is 2.71. The molecule has 0 spiro atoms. The van der Waals surface area contributed by atoms with Gasteiger partial charge in [-0.1, -0.05) is 17.7 Å². The summed E-state index contributed by atoms with van der Waals surface area (Å²) in [5.74, 6) is -0.203. The molecule has 1 rings (SSSR count). The Bertz CT molecular complexity index is 352. The van der Waals surface area contributed by atoms with Crippen molar-refractivity contribution in [2.24, 2.45) is 0 Å². The van der Waals surface area contributed by atoms with Crippen LogP contribution in [0.1, 0.15) is 15.9 Å². The molecule has 66 valence electrons. The molecule has 1 N–H and O–H groups in total. The van der Waals surface area contributed by atoms with Gasteiger partial charge in [-0.2, -0.15) is 5.26 Å². The molecule has 0 unspecified atom stereocenters. The molecule has 1 aromatic carbocycles. The van der Waals surface area contributed by atoms with Crippen LogP contribution in [-0.4, -0.2) is 12.5 Å². The van der Waals surface area contributed by atoms with Crippen LogP contribution in [0.3, 0.4) is 0 Å². The number of aryl methyl sites for hydroxylation is 1. The summed E-state index contributed by atoms with van der Waals surface area (Å²) in [6, 6.07) is 9.09. The first kappa shape index (κ1) is 9.27. The van der Waals surface area contributed by atoms with Gasteiger partial charge in [-0.05, 0) is 19.1 Å². The van der Waals surface area contributed by atoms with E-state index in [1.54, 1.807) is 12.1 Å². The molecular formula is C10H10N2O. The van der Waals surface area contributed by atoms with E-state index in [0.717, 1.165) is 5.56 Å². The van der Waals surface area contributed by atoms with E-state index in [0.29, 0.717) is 5.56 Å². The summed E-state index contributed by atoms with van der Waals surface area (Å²) in [6.45, 7) is 1.97. The lowest BCUT2D eigenvalue weighted by Crippen LogP contribution is -2.23. The molecule has 1 aromatic rings. The highest BCUT2D eigenvalue weighted by Gasteiger charge is 2.02. The third-order valence-corrected chi connectivity index (χ3v) is 1.61. The predicted octanol–water partition coefficient (Wildman–Crippen LogP) is 1.25. The Morgan fingerprint density at radius 2 is 2.38 bits per heavy atom. The van der Waals surface area contributed by atoms with Gasteiger partial charge in [0.15, 0.2) is 0 Å². The SMILES string of the molecule is Cc1cccc(C(=O)NCC#N)c1. The van der Waals surface area contributed by atoms with Crippen LogP contribution in [-0.2, 0) is 0 Å². The molecule has 0 aliphatic carbocycles. The molecule has 0 heterocycles. The molecule has 1 amide bonds. The smallest absolute Gasteiger partial charge is 0.252 e. The van der Waals surface area contributed by atoms with Gasteiger partial charge < -0.3 is 5.32 Å². The van der Waals surface area contributed by atoms with Gasteiger partial charge in [0.25, 0.3) is 5.91 Å². The summed E-state index contributed by atoms with van der Waals surface area (Å²) in [7, 11) is 0. The van der Waals surface area contributed by atoms with E-state index in [1.807, 2.05) is 25.1 Å². The maximum absolute atomic E-state index is 11.3. The standard InChI is InChI=1S/C10H10N2O/c1-8-3-2-4-9(7-8)10(13)12-6-5-11/h2-4,7H,6H2,1H3,(H,12,13). The lowest BCUT2D eigenvalue weighted by Gasteiger charge is -2.00. The first-order valence-corrected chi connectivity index (χ1v) is 3.96. The van der Waals surface area contributed by atoms with Crippen LogP contribution in [0.4, 0.5) is 0 Å². The largest absolute Gasteiger partial charge is 0.339 e. The molecule has 0 aliphatic rings. The molecule has 0 aromatic heterocycles. The number of amides is 1. The highest BCUT2D eigenvalue weighted by molar-refractivity contribution is 5.94. The lowest BCUT2D eigenvalue weighted by molar-refractivity contribution is 0.0958. The molecule has 13 heavy (non-hydrogen) atoms. The number of nitrogens with zero attached hydrogens (tertiary/aromatic N) is 1. The molecule has 0 saturated heterocycles. The van der Waals surface area contributed by atoms with Gasteiger partial charge in [-0.25, -0.2) is 0 Å². The van der Waals surface area contributed by atoms with E-state index in [1.165, 1.54) is 0 Å². The highest BCUT2D eigenvalue weighted by atomic mass is 16.1. The minimum atomic E-state index is -0.203. The van der Waals surface area contributed by atoms with Crippen molar-refractivity contribution in [1.82, 2.24) is 5.32 Å². The molecule has 0 radical (unpaired) electrons. The first-order chi connectivity index (χ1) is 6.24.